The summed E-state index contributed by atoms with van der Waals surface area (Å²) in [6.45, 7) is 5.07. The lowest BCUT2D eigenvalue weighted by Crippen LogP contribution is -2.27. The van der Waals surface area contributed by atoms with Crippen molar-refractivity contribution in [2.24, 2.45) is 0 Å². The third-order valence-corrected chi connectivity index (χ3v) is 3.67. The molecule has 5 heteroatoms. The molecule has 2 rings (SSSR count). The zero-order chi connectivity index (χ0) is 12.8. The lowest BCUT2D eigenvalue weighted by molar-refractivity contribution is 0.406. The molecule has 0 aliphatic carbocycles. The van der Waals surface area contributed by atoms with E-state index in [1.807, 2.05) is 30.0 Å². The summed E-state index contributed by atoms with van der Waals surface area (Å²) in [5, 5.41) is 7.44. The Morgan fingerprint density at radius 2 is 2.33 bits per heavy atom. The van der Waals surface area contributed by atoms with Crippen molar-refractivity contribution >= 4 is 11.8 Å². The van der Waals surface area contributed by atoms with Gasteiger partial charge in [-0.05, 0) is 24.8 Å². The molecule has 0 bridgehead atoms. The summed E-state index contributed by atoms with van der Waals surface area (Å²) < 4.78 is 10.5. The molecule has 18 heavy (non-hydrogen) atoms. The molecule has 0 unspecified atom stereocenters. The maximum Gasteiger partial charge on any atom is 0.202 e. The van der Waals surface area contributed by atoms with Crippen LogP contribution in [-0.2, 0) is 6.54 Å². The van der Waals surface area contributed by atoms with Gasteiger partial charge < -0.3 is 14.3 Å². The Labute approximate surface area is 111 Å². The van der Waals surface area contributed by atoms with Crippen LogP contribution >= 0.6 is 11.8 Å². The molecule has 0 saturated carbocycles. The van der Waals surface area contributed by atoms with E-state index in [9.17, 15) is 0 Å². The summed E-state index contributed by atoms with van der Waals surface area (Å²) >= 11 is 1.93. The van der Waals surface area contributed by atoms with Crippen LogP contribution in [0.5, 0.6) is 0 Å². The van der Waals surface area contributed by atoms with E-state index in [-0.39, 0.29) is 0 Å². The predicted octanol–water partition coefficient (Wildman–Crippen LogP) is 3.17. The minimum absolute atomic E-state index is 0.471. The van der Waals surface area contributed by atoms with Crippen molar-refractivity contribution in [2.75, 3.05) is 11.5 Å². The van der Waals surface area contributed by atoms with Crippen molar-refractivity contribution in [3.05, 3.63) is 30.2 Å². The normalized spacial score (nSPS) is 12.8. The molecule has 1 N–H and O–H groups in total. The SMILES string of the molecule is CCSC[C@@H](C)NCc1cc(-c2ccco2)on1. The first-order valence-electron chi connectivity index (χ1n) is 6.10. The minimum atomic E-state index is 0.471. The van der Waals surface area contributed by atoms with Crippen molar-refractivity contribution in [1.29, 1.82) is 0 Å². The summed E-state index contributed by atoms with van der Waals surface area (Å²) in [5.41, 5.74) is 0.898. The van der Waals surface area contributed by atoms with E-state index in [2.05, 4.69) is 24.3 Å². The van der Waals surface area contributed by atoms with Crippen LogP contribution in [0.25, 0.3) is 11.5 Å². The van der Waals surface area contributed by atoms with E-state index in [0.717, 1.165) is 23.7 Å². The van der Waals surface area contributed by atoms with Gasteiger partial charge in [0.25, 0.3) is 0 Å². The van der Waals surface area contributed by atoms with Gasteiger partial charge in [0.1, 0.15) is 0 Å². The quantitative estimate of drug-likeness (QED) is 0.834. The highest BCUT2D eigenvalue weighted by molar-refractivity contribution is 7.99. The number of nitrogens with zero attached hydrogens (tertiary/aromatic N) is 1. The standard InChI is InChI=1S/C13H18N2O2S/c1-3-18-9-10(2)14-8-11-7-13(17-15-11)12-5-4-6-16-12/h4-7,10,14H,3,8-9H2,1-2H3/t10-/m1/s1. The second-order valence-electron chi connectivity index (χ2n) is 4.10. The Hall–Kier alpha value is -1.20. The van der Waals surface area contributed by atoms with Crippen molar-refractivity contribution in [1.82, 2.24) is 10.5 Å². The number of aromatic nitrogens is 1. The number of furan rings is 1. The average Bonchev–Trinajstić information content (AvgIpc) is 3.03. The highest BCUT2D eigenvalue weighted by Crippen LogP contribution is 2.20. The maximum absolute atomic E-state index is 5.25. The highest BCUT2D eigenvalue weighted by atomic mass is 32.2. The predicted molar refractivity (Wildman–Crippen MR) is 73.5 cm³/mol. The summed E-state index contributed by atoms with van der Waals surface area (Å²) in [6, 6.07) is 6.07. The third-order valence-electron chi connectivity index (χ3n) is 2.53. The molecule has 0 aliphatic heterocycles. The van der Waals surface area contributed by atoms with Gasteiger partial charge in [-0.2, -0.15) is 11.8 Å². The molecule has 2 heterocycles. The van der Waals surface area contributed by atoms with Crippen LogP contribution in [0, 0.1) is 0 Å². The summed E-state index contributed by atoms with van der Waals surface area (Å²) in [7, 11) is 0. The van der Waals surface area contributed by atoms with E-state index < -0.39 is 0 Å². The molecule has 0 aromatic carbocycles. The van der Waals surface area contributed by atoms with Crippen LogP contribution in [0.15, 0.2) is 33.4 Å². The molecular weight excluding hydrogens is 248 g/mol. The van der Waals surface area contributed by atoms with Gasteiger partial charge in [-0.1, -0.05) is 12.1 Å². The van der Waals surface area contributed by atoms with Crippen molar-refractivity contribution in [2.45, 2.75) is 26.4 Å². The fourth-order valence-corrected chi connectivity index (χ4v) is 2.27. The highest BCUT2D eigenvalue weighted by Gasteiger charge is 2.09. The fraction of sp³-hybridized carbons (Fsp3) is 0.462. The molecule has 0 fully saturated rings. The van der Waals surface area contributed by atoms with E-state index >= 15 is 0 Å². The first-order chi connectivity index (χ1) is 8.79. The molecule has 2 aromatic rings. The first-order valence-corrected chi connectivity index (χ1v) is 7.25. The van der Waals surface area contributed by atoms with Crippen LogP contribution in [-0.4, -0.2) is 22.7 Å². The van der Waals surface area contributed by atoms with Gasteiger partial charge in [0.15, 0.2) is 5.76 Å². The van der Waals surface area contributed by atoms with E-state index in [4.69, 9.17) is 8.94 Å². The summed E-state index contributed by atoms with van der Waals surface area (Å²) in [5.74, 6) is 3.65. The van der Waals surface area contributed by atoms with Crippen molar-refractivity contribution in [3.63, 3.8) is 0 Å². The van der Waals surface area contributed by atoms with Gasteiger partial charge in [0, 0.05) is 24.4 Å². The van der Waals surface area contributed by atoms with Crippen LogP contribution in [0.3, 0.4) is 0 Å². The van der Waals surface area contributed by atoms with Crippen LogP contribution in [0.2, 0.25) is 0 Å². The Bertz CT molecular complexity index is 453. The first kappa shape index (κ1) is 13.2. The summed E-state index contributed by atoms with van der Waals surface area (Å²) in [6.07, 6.45) is 1.62. The zero-order valence-electron chi connectivity index (χ0n) is 10.7. The zero-order valence-corrected chi connectivity index (χ0v) is 11.5. The largest absolute Gasteiger partial charge is 0.461 e. The summed E-state index contributed by atoms with van der Waals surface area (Å²) in [4.78, 5) is 0. The molecule has 0 spiro atoms. The van der Waals surface area contributed by atoms with Crippen molar-refractivity contribution in [3.8, 4) is 11.5 Å². The number of thioether (sulfide) groups is 1. The van der Waals surface area contributed by atoms with Crippen LogP contribution in [0.1, 0.15) is 19.5 Å². The van der Waals surface area contributed by atoms with Gasteiger partial charge in [-0.3, -0.25) is 0 Å². The average molecular weight is 266 g/mol. The fourth-order valence-electron chi connectivity index (χ4n) is 1.56. The lowest BCUT2D eigenvalue weighted by Gasteiger charge is -2.10. The molecule has 0 aliphatic rings. The van der Waals surface area contributed by atoms with Gasteiger partial charge in [0.05, 0.1) is 12.0 Å². The lowest BCUT2D eigenvalue weighted by atomic mass is 10.3. The van der Waals surface area contributed by atoms with E-state index in [0.29, 0.717) is 17.6 Å². The molecule has 0 amide bonds. The number of hydrogen-bond acceptors (Lipinski definition) is 5. The Kier molecular flexibility index (Phi) is 4.90. The van der Waals surface area contributed by atoms with Gasteiger partial charge in [0.2, 0.25) is 5.76 Å². The topological polar surface area (TPSA) is 51.2 Å². The molecular formula is C13H18N2O2S. The number of nitrogens with one attached hydrogen (secondary N) is 1. The monoisotopic (exact) mass is 266 g/mol. The Morgan fingerprint density at radius 1 is 1.44 bits per heavy atom. The van der Waals surface area contributed by atoms with E-state index in [1.54, 1.807) is 6.26 Å². The molecule has 98 valence electrons. The van der Waals surface area contributed by atoms with E-state index in [1.165, 1.54) is 0 Å². The second-order valence-corrected chi connectivity index (χ2v) is 5.42. The molecule has 1 atom stereocenters. The molecule has 0 saturated heterocycles. The van der Waals surface area contributed by atoms with Gasteiger partial charge in [-0.15, -0.1) is 0 Å². The van der Waals surface area contributed by atoms with Crippen LogP contribution < -0.4 is 5.32 Å². The van der Waals surface area contributed by atoms with Crippen molar-refractivity contribution < 1.29 is 8.94 Å². The Morgan fingerprint density at radius 3 is 3.06 bits per heavy atom. The Balaban J connectivity index is 1.84. The molecule has 4 nitrogen and oxygen atoms in total. The van der Waals surface area contributed by atoms with Gasteiger partial charge in [-0.25, -0.2) is 0 Å². The number of hydrogen-bond donors (Lipinski definition) is 1. The third kappa shape index (κ3) is 3.65. The smallest absolute Gasteiger partial charge is 0.202 e. The van der Waals surface area contributed by atoms with Crippen LogP contribution in [0.4, 0.5) is 0 Å². The number of rotatable bonds is 7. The molecule has 0 radical (unpaired) electrons. The second kappa shape index (κ2) is 6.66. The minimum Gasteiger partial charge on any atom is -0.461 e. The van der Waals surface area contributed by atoms with Gasteiger partial charge >= 0.3 is 0 Å². The maximum atomic E-state index is 5.25. The molecule has 2 aromatic heterocycles.